The van der Waals surface area contributed by atoms with Crippen LogP contribution >= 0.6 is 11.8 Å². The number of thioether (sulfide) groups is 1. The quantitative estimate of drug-likeness (QED) is 0.608. The van der Waals surface area contributed by atoms with Crippen LogP contribution in [0.5, 0.6) is 0 Å². The lowest BCUT2D eigenvalue weighted by atomic mass is 9.77. The van der Waals surface area contributed by atoms with Gasteiger partial charge in [0.05, 0.1) is 4.91 Å². The van der Waals surface area contributed by atoms with E-state index in [1.165, 1.54) is 20.9 Å². The second-order valence-electron chi connectivity index (χ2n) is 4.87. The Morgan fingerprint density at radius 2 is 2.06 bits per heavy atom. The molecule has 0 N–H and O–H groups in total. The highest BCUT2D eigenvalue weighted by Gasteiger charge is 2.33. The Bertz CT molecular complexity index is 591. The Kier molecular flexibility index (Phi) is 2.42. The Labute approximate surface area is 107 Å². The highest BCUT2D eigenvalue weighted by atomic mass is 32.2. The van der Waals surface area contributed by atoms with Crippen molar-refractivity contribution >= 4 is 11.8 Å². The van der Waals surface area contributed by atoms with Crippen molar-refractivity contribution in [2.24, 2.45) is 0 Å². The number of allylic oxidation sites excluding steroid dienone is 4. The van der Waals surface area contributed by atoms with E-state index in [4.69, 9.17) is 0 Å². The first-order valence-corrected chi connectivity index (χ1v) is 6.69. The molecule has 0 spiro atoms. The molecular formula is C16H14S. The van der Waals surface area contributed by atoms with Crippen LogP contribution in [0, 0.1) is 11.8 Å². The van der Waals surface area contributed by atoms with Crippen LogP contribution < -0.4 is 0 Å². The SMILES string of the molecule is CC1(C)C2=C(C#CCC=C2)Sc2ccccc21. The third kappa shape index (κ3) is 1.64. The lowest BCUT2D eigenvalue weighted by Crippen LogP contribution is -2.23. The highest BCUT2D eigenvalue weighted by molar-refractivity contribution is 8.03. The Hall–Kier alpha value is -1.39. The van der Waals surface area contributed by atoms with Gasteiger partial charge in [-0.3, -0.25) is 0 Å². The smallest absolute Gasteiger partial charge is 0.0662 e. The molecule has 1 aliphatic carbocycles. The van der Waals surface area contributed by atoms with Gasteiger partial charge in [-0.2, -0.15) is 0 Å². The molecule has 0 fully saturated rings. The molecule has 0 radical (unpaired) electrons. The maximum Gasteiger partial charge on any atom is 0.0662 e. The molecule has 0 aromatic heterocycles. The lowest BCUT2D eigenvalue weighted by Gasteiger charge is -2.34. The molecule has 1 aliphatic heterocycles. The molecule has 1 aromatic rings. The number of hydrogen-bond acceptors (Lipinski definition) is 1. The minimum absolute atomic E-state index is 0.0622. The molecule has 1 heterocycles. The van der Waals surface area contributed by atoms with Gasteiger partial charge in [0.1, 0.15) is 0 Å². The molecule has 0 unspecified atom stereocenters. The summed E-state index contributed by atoms with van der Waals surface area (Å²) in [6.07, 6.45) is 5.27. The van der Waals surface area contributed by atoms with Crippen LogP contribution in [0.4, 0.5) is 0 Å². The van der Waals surface area contributed by atoms with Crippen LogP contribution in [0.3, 0.4) is 0 Å². The molecule has 0 saturated heterocycles. The van der Waals surface area contributed by atoms with Gasteiger partial charge in [-0.05, 0) is 17.2 Å². The fraction of sp³-hybridized carbons (Fsp3) is 0.250. The van der Waals surface area contributed by atoms with Crippen LogP contribution in [0.25, 0.3) is 0 Å². The molecule has 0 nitrogen and oxygen atoms in total. The minimum atomic E-state index is 0.0622. The van der Waals surface area contributed by atoms with Gasteiger partial charge in [-0.25, -0.2) is 0 Å². The molecule has 3 rings (SSSR count). The van der Waals surface area contributed by atoms with Crippen molar-refractivity contribution in [2.45, 2.75) is 30.6 Å². The van der Waals surface area contributed by atoms with Crippen molar-refractivity contribution in [3.05, 3.63) is 52.5 Å². The van der Waals surface area contributed by atoms with Gasteiger partial charge in [0.2, 0.25) is 0 Å². The number of rotatable bonds is 0. The van der Waals surface area contributed by atoms with Gasteiger partial charge in [-0.15, -0.1) is 0 Å². The molecule has 1 heteroatoms. The molecule has 0 atom stereocenters. The van der Waals surface area contributed by atoms with Crippen LogP contribution in [-0.2, 0) is 5.41 Å². The van der Waals surface area contributed by atoms with Crippen molar-refractivity contribution in [3.8, 4) is 11.8 Å². The molecule has 0 amide bonds. The normalized spacial score (nSPS) is 19.9. The highest BCUT2D eigenvalue weighted by Crippen LogP contribution is 2.48. The summed E-state index contributed by atoms with van der Waals surface area (Å²) in [6.45, 7) is 4.58. The zero-order valence-corrected chi connectivity index (χ0v) is 10.9. The van der Waals surface area contributed by atoms with E-state index in [1.807, 2.05) is 11.8 Å². The summed E-state index contributed by atoms with van der Waals surface area (Å²) in [5.74, 6) is 6.51. The van der Waals surface area contributed by atoms with Crippen molar-refractivity contribution in [2.75, 3.05) is 0 Å². The van der Waals surface area contributed by atoms with E-state index in [0.29, 0.717) is 0 Å². The largest absolute Gasteiger partial charge is 0.0932 e. The Balaban J connectivity index is 2.24. The van der Waals surface area contributed by atoms with Crippen LogP contribution in [0.1, 0.15) is 25.8 Å². The molecule has 2 aliphatic rings. The second-order valence-corrected chi connectivity index (χ2v) is 5.93. The van der Waals surface area contributed by atoms with Crippen LogP contribution in [0.2, 0.25) is 0 Å². The molecule has 17 heavy (non-hydrogen) atoms. The van der Waals surface area contributed by atoms with Gasteiger partial charge in [0, 0.05) is 16.7 Å². The van der Waals surface area contributed by atoms with Crippen molar-refractivity contribution in [1.29, 1.82) is 0 Å². The van der Waals surface area contributed by atoms with Crippen molar-refractivity contribution in [1.82, 2.24) is 0 Å². The summed E-state index contributed by atoms with van der Waals surface area (Å²) < 4.78 is 0. The fourth-order valence-corrected chi connectivity index (χ4v) is 3.77. The second kappa shape index (κ2) is 3.82. The third-order valence-corrected chi connectivity index (χ3v) is 4.50. The predicted octanol–water partition coefficient (Wildman–Crippen LogP) is 4.29. The van der Waals surface area contributed by atoms with E-state index >= 15 is 0 Å². The topological polar surface area (TPSA) is 0 Å². The minimum Gasteiger partial charge on any atom is -0.0932 e. The summed E-state index contributed by atoms with van der Waals surface area (Å²) in [7, 11) is 0. The monoisotopic (exact) mass is 238 g/mol. The Morgan fingerprint density at radius 1 is 1.24 bits per heavy atom. The summed E-state index contributed by atoms with van der Waals surface area (Å²) in [4.78, 5) is 2.57. The van der Waals surface area contributed by atoms with Crippen molar-refractivity contribution < 1.29 is 0 Å². The van der Waals surface area contributed by atoms with E-state index in [1.54, 1.807) is 0 Å². The van der Waals surface area contributed by atoms with E-state index in [9.17, 15) is 0 Å². The summed E-state index contributed by atoms with van der Waals surface area (Å²) >= 11 is 1.81. The zero-order chi connectivity index (χ0) is 11.9. The van der Waals surface area contributed by atoms with Gasteiger partial charge in [0.15, 0.2) is 0 Å². The maximum atomic E-state index is 3.31. The van der Waals surface area contributed by atoms with E-state index < -0.39 is 0 Å². The van der Waals surface area contributed by atoms with Gasteiger partial charge in [0.25, 0.3) is 0 Å². The number of fused-ring (bicyclic) bond motifs is 1. The molecular weight excluding hydrogens is 224 g/mol. The van der Waals surface area contributed by atoms with E-state index in [-0.39, 0.29) is 5.41 Å². The first-order chi connectivity index (χ1) is 8.19. The van der Waals surface area contributed by atoms with Gasteiger partial charge in [-0.1, -0.05) is 67.8 Å². The molecule has 84 valence electrons. The first kappa shape index (κ1) is 10.7. The summed E-state index contributed by atoms with van der Waals surface area (Å²) in [5, 5.41) is 0. The third-order valence-electron chi connectivity index (χ3n) is 3.40. The lowest BCUT2D eigenvalue weighted by molar-refractivity contribution is 0.621. The first-order valence-electron chi connectivity index (χ1n) is 5.87. The van der Waals surface area contributed by atoms with Gasteiger partial charge >= 0.3 is 0 Å². The predicted molar refractivity (Wildman–Crippen MR) is 73.9 cm³/mol. The maximum absolute atomic E-state index is 3.31. The van der Waals surface area contributed by atoms with E-state index in [0.717, 1.165) is 6.42 Å². The van der Waals surface area contributed by atoms with E-state index in [2.05, 4.69) is 62.1 Å². The summed E-state index contributed by atoms with van der Waals surface area (Å²) in [6, 6.07) is 8.66. The molecule has 1 aromatic carbocycles. The average molecular weight is 238 g/mol. The zero-order valence-electron chi connectivity index (χ0n) is 10.1. The van der Waals surface area contributed by atoms with Crippen LogP contribution in [0.15, 0.2) is 51.8 Å². The molecule has 0 saturated carbocycles. The average Bonchev–Trinajstić information content (AvgIpc) is 2.55. The summed E-state index contributed by atoms with van der Waals surface area (Å²) in [5.41, 5.74) is 2.84. The van der Waals surface area contributed by atoms with Crippen LogP contribution in [-0.4, -0.2) is 0 Å². The van der Waals surface area contributed by atoms with Gasteiger partial charge < -0.3 is 0 Å². The fourth-order valence-electron chi connectivity index (χ4n) is 2.41. The Morgan fingerprint density at radius 3 is 2.94 bits per heavy atom. The molecule has 0 bridgehead atoms. The number of benzene rings is 1. The van der Waals surface area contributed by atoms with Crippen molar-refractivity contribution in [3.63, 3.8) is 0 Å². The standard InChI is InChI=1S/C16H14S/c1-16(2)12-8-4-3-5-10-14(12)17-15-11-7-6-9-13(15)16/h4,6-9,11H,3H2,1-2H3. The number of hydrogen-bond donors (Lipinski definition) is 0.